The van der Waals surface area contributed by atoms with Gasteiger partial charge in [-0.05, 0) is 25.5 Å². The van der Waals surface area contributed by atoms with Crippen LogP contribution in [0.1, 0.15) is 12.2 Å². The van der Waals surface area contributed by atoms with Gasteiger partial charge in [-0.25, -0.2) is 4.98 Å². The van der Waals surface area contributed by atoms with Crippen LogP contribution in [0.2, 0.25) is 0 Å². The van der Waals surface area contributed by atoms with Crippen molar-refractivity contribution in [3.63, 3.8) is 0 Å². The Morgan fingerprint density at radius 3 is 2.89 bits per heavy atom. The topological polar surface area (TPSA) is 81.1 Å². The maximum Gasteiger partial charge on any atom is 0.259 e. The van der Waals surface area contributed by atoms with Gasteiger partial charge in [-0.15, -0.1) is 0 Å². The van der Waals surface area contributed by atoms with Crippen LogP contribution in [-0.4, -0.2) is 34.3 Å². The number of hydrogen-bond donors (Lipinski definition) is 1. The van der Waals surface area contributed by atoms with Gasteiger partial charge in [-0.2, -0.15) is 4.98 Å². The molecule has 6 nitrogen and oxygen atoms in total. The van der Waals surface area contributed by atoms with Crippen LogP contribution >= 0.6 is 0 Å². The van der Waals surface area contributed by atoms with E-state index in [1.807, 2.05) is 12.1 Å². The fourth-order valence-corrected chi connectivity index (χ4v) is 2.11. The Hall–Kier alpha value is -1.95. The van der Waals surface area contributed by atoms with Gasteiger partial charge in [-0.3, -0.25) is 0 Å². The zero-order valence-electron chi connectivity index (χ0n) is 10.2. The lowest BCUT2D eigenvalue weighted by molar-refractivity contribution is 0.425. The van der Waals surface area contributed by atoms with Crippen LogP contribution in [0.25, 0.3) is 11.5 Å². The lowest BCUT2D eigenvalue weighted by Gasteiger charge is -2.16. The first-order valence-corrected chi connectivity index (χ1v) is 5.99. The Balaban J connectivity index is 1.81. The standard InChI is InChI=1S/C12H15N5O/c1-8-15-12(18-16-8)9-2-3-11(14-6-9)17-5-4-10(13)7-17/h2-3,6,10H,4-5,7,13H2,1H3. The Kier molecular flexibility index (Phi) is 2.71. The molecule has 0 aromatic carbocycles. The highest BCUT2D eigenvalue weighted by atomic mass is 16.5. The number of anilines is 1. The number of pyridine rings is 1. The molecular weight excluding hydrogens is 230 g/mol. The second-order valence-corrected chi connectivity index (χ2v) is 4.55. The molecular formula is C12H15N5O. The van der Waals surface area contributed by atoms with Gasteiger partial charge in [0.1, 0.15) is 5.82 Å². The molecule has 1 fully saturated rings. The molecule has 1 unspecified atom stereocenters. The summed E-state index contributed by atoms with van der Waals surface area (Å²) in [5.74, 6) is 2.08. The number of nitrogens with two attached hydrogens (primary N) is 1. The van der Waals surface area contributed by atoms with Gasteiger partial charge >= 0.3 is 0 Å². The molecule has 2 aromatic heterocycles. The number of rotatable bonds is 2. The molecule has 94 valence electrons. The predicted octanol–water partition coefficient (Wildman–Crippen LogP) is 0.977. The van der Waals surface area contributed by atoms with Gasteiger partial charge in [0.15, 0.2) is 5.82 Å². The summed E-state index contributed by atoms with van der Waals surface area (Å²) in [5, 5.41) is 3.76. The normalized spacial score (nSPS) is 19.4. The molecule has 1 saturated heterocycles. The summed E-state index contributed by atoms with van der Waals surface area (Å²) in [4.78, 5) is 10.8. The molecule has 0 amide bonds. The summed E-state index contributed by atoms with van der Waals surface area (Å²) in [6.45, 7) is 3.62. The zero-order chi connectivity index (χ0) is 12.5. The minimum Gasteiger partial charge on any atom is -0.355 e. The van der Waals surface area contributed by atoms with E-state index in [0.29, 0.717) is 11.7 Å². The molecule has 0 bridgehead atoms. The minimum atomic E-state index is 0.255. The highest BCUT2D eigenvalue weighted by molar-refractivity contribution is 5.54. The van der Waals surface area contributed by atoms with Crippen LogP contribution in [0.5, 0.6) is 0 Å². The molecule has 1 aliphatic heterocycles. The van der Waals surface area contributed by atoms with Crippen LogP contribution in [-0.2, 0) is 0 Å². The van der Waals surface area contributed by atoms with Gasteiger partial charge in [-0.1, -0.05) is 5.16 Å². The van der Waals surface area contributed by atoms with E-state index in [2.05, 4.69) is 20.0 Å². The number of aryl methyl sites for hydroxylation is 1. The highest BCUT2D eigenvalue weighted by Gasteiger charge is 2.20. The third-order valence-corrected chi connectivity index (χ3v) is 3.07. The van der Waals surface area contributed by atoms with Gasteiger partial charge in [0.25, 0.3) is 5.89 Å². The smallest absolute Gasteiger partial charge is 0.259 e. The summed E-state index contributed by atoms with van der Waals surface area (Å²) in [6, 6.07) is 4.16. The number of nitrogens with zero attached hydrogens (tertiary/aromatic N) is 4. The average molecular weight is 245 g/mol. The fourth-order valence-electron chi connectivity index (χ4n) is 2.11. The molecule has 2 N–H and O–H groups in total. The van der Waals surface area contributed by atoms with Gasteiger partial charge in [0.2, 0.25) is 0 Å². The third-order valence-electron chi connectivity index (χ3n) is 3.07. The van der Waals surface area contributed by atoms with Crippen LogP contribution in [0.15, 0.2) is 22.9 Å². The largest absolute Gasteiger partial charge is 0.355 e. The second kappa shape index (κ2) is 4.38. The molecule has 6 heteroatoms. The SMILES string of the molecule is Cc1noc(-c2ccc(N3CCC(N)C3)nc2)n1. The Morgan fingerprint density at radius 2 is 2.33 bits per heavy atom. The molecule has 0 radical (unpaired) electrons. The Bertz CT molecular complexity index is 536. The molecule has 0 saturated carbocycles. The molecule has 0 aliphatic carbocycles. The van der Waals surface area contributed by atoms with E-state index in [9.17, 15) is 0 Å². The fraction of sp³-hybridized carbons (Fsp3) is 0.417. The summed E-state index contributed by atoms with van der Waals surface area (Å²) in [7, 11) is 0. The first kappa shape index (κ1) is 11.2. The van der Waals surface area contributed by atoms with Crippen LogP contribution in [0, 0.1) is 6.92 Å². The minimum absolute atomic E-state index is 0.255. The van der Waals surface area contributed by atoms with Crippen molar-refractivity contribution >= 4 is 5.82 Å². The molecule has 3 heterocycles. The van der Waals surface area contributed by atoms with Gasteiger partial charge < -0.3 is 15.2 Å². The van der Waals surface area contributed by atoms with E-state index in [0.717, 1.165) is 30.9 Å². The van der Waals surface area contributed by atoms with Crippen molar-refractivity contribution in [2.45, 2.75) is 19.4 Å². The molecule has 0 spiro atoms. The molecule has 1 atom stereocenters. The van der Waals surface area contributed by atoms with E-state index in [1.54, 1.807) is 13.1 Å². The van der Waals surface area contributed by atoms with E-state index in [1.165, 1.54) is 0 Å². The number of hydrogen-bond acceptors (Lipinski definition) is 6. The summed E-state index contributed by atoms with van der Waals surface area (Å²) < 4.78 is 5.10. The lowest BCUT2D eigenvalue weighted by atomic mass is 10.3. The Morgan fingerprint density at radius 1 is 1.44 bits per heavy atom. The van der Waals surface area contributed by atoms with Crippen LogP contribution in [0.4, 0.5) is 5.82 Å². The monoisotopic (exact) mass is 245 g/mol. The van der Waals surface area contributed by atoms with Crippen LogP contribution in [0.3, 0.4) is 0 Å². The van der Waals surface area contributed by atoms with E-state index in [-0.39, 0.29) is 6.04 Å². The van der Waals surface area contributed by atoms with Gasteiger partial charge in [0.05, 0.1) is 5.56 Å². The maximum absolute atomic E-state index is 5.88. The predicted molar refractivity (Wildman–Crippen MR) is 67.1 cm³/mol. The zero-order valence-corrected chi connectivity index (χ0v) is 10.2. The van der Waals surface area contributed by atoms with E-state index < -0.39 is 0 Å². The highest BCUT2D eigenvalue weighted by Crippen LogP contribution is 2.21. The van der Waals surface area contributed by atoms with Crippen LogP contribution < -0.4 is 10.6 Å². The van der Waals surface area contributed by atoms with E-state index in [4.69, 9.17) is 10.3 Å². The van der Waals surface area contributed by atoms with Crippen molar-refractivity contribution in [3.05, 3.63) is 24.2 Å². The molecule has 2 aromatic rings. The summed E-state index contributed by atoms with van der Waals surface area (Å²) in [6.07, 6.45) is 2.78. The molecule has 1 aliphatic rings. The molecule has 18 heavy (non-hydrogen) atoms. The average Bonchev–Trinajstić information content (AvgIpc) is 2.98. The lowest BCUT2D eigenvalue weighted by Crippen LogP contribution is -2.26. The maximum atomic E-state index is 5.88. The third kappa shape index (κ3) is 2.06. The first-order valence-electron chi connectivity index (χ1n) is 5.99. The summed E-state index contributed by atoms with van der Waals surface area (Å²) in [5.41, 5.74) is 6.72. The second-order valence-electron chi connectivity index (χ2n) is 4.55. The van der Waals surface area contributed by atoms with E-state index >= 15 is 0 Å². The summed E-state index contributed by atoms with van der Waals surface area (Å²) >= 11 is 0. The van der Waals surface area contributed by atoms with Crippen molar-refractivity contribution in [2.75, 3.05) is 18.0 Å². The Labute approximate surface area is 105 Å². The van der Waals surface area contributed by atoms with Gasteiger partial charge in [0, 0.05) is 25.3 Å². The number of aromatic nitrogens is 3. The first-order chi connectivity index (χ1) is 8.72. The van der Waals surface area contributed by atoms with Crippen molar-refractivity contribution < 1.29 is 4.52 Å². The molecule has 3 rings (SSSR count). The quantitative estimate of drug-likeness (QED) is 0.849. The van der Waals surface area contributed by atoms with Crippen molar-refractivity contribution in [3.8, 4) is 11.5 Å². The van der Waals surface area contributed by atoms with Crippen molar-refractivity contribution in [1.82, 2.24) is 15.1 Å². The van der Waals surface area contributed by atoms with Crippen molar-refractivity contribution in [1.29, 1.82) is 0 Å². The van der Waals surface area contributed by atoms with Crippen molar-refractivity contribution in [2.24, 2.45) is 5.73 Å².